The zero-order valence-electron chi connectivity index (χ0n) is 7.68. The number of ketones is 1. The first-order valence-electron chi connectivity index (χ1n) is 3.86. The van der Waals surface area contributed by atoms with Crippen molar-refractivity contribution in [2.45, 2.75) is 34.1 Å². The van der Waals surface area contributed by atoms with Crippen LogP contribution >= 0.6 is 0 Å². The molecule has 2 heteroatoms. The largest absolute Gasteiger partial charge is 0.303 e. The number of hydrogen-bond acceptors (Lipinski definition) is 2. The zero-order chi connectivity index (χ0) is 9.07. The van der Waals surface area contributed by atoms with E-state index in [4.69, 9.17) is 0 Å². The lowest BCUT2D eigenvalue weighted by molar-refractivity contribution is -0.122. The van der Waals surface area contributed by atoms with Crippen molar-refractivity contribution in [3.63, 3.8) is 0 Å². The van der Waals surface area contributed by atoms with E-state index in [2.05, 4.69) is 0 Å². The zero-order valence-corrected chi connectivity index (χ0v) is 7.68. The van der Waals surface area contributed by atoms with Crippen LogP contribution in [-0.4, -0.2) is 12.1 Å². The first kappa shape index (κ1) is 10.3. The van der Waals surface area contributed by atoms with Crippen molar-refractivity contribution in [3.8, 4) is 0 Å². The minimum Gasteiger partial charge on any atom is -0.303 e. The normalized spacial score (nSPS) is 14.2. The van der Waals surface area contributed by atoms with Crippen LogP contribution in [0, 0.1) is 11.3 Å². The van der Waals surface area contributed by atoms with Crippen LogP contribution in [0.5, 0.6) is 0 Å². The molecule has 0 bridgehead atoms. The second-order valence-electron chi connectivity index (χ2n) is 3.82. The Hall–Kier alpha value is -0.660. The van der Waals surface area contributed by atoms with Crippen LogP contribution in [-0.2, 0) is 9.59 Å². The Labute approximate surface area is 68.0 Å². The van der Waals surface area contributed by atoms with Gasteiger partial charge in [0.05, 0.1) is 0 Å². The van der Waals surface area contributed by atoms with Crippen molar-refractivity contribution < 1.29 is 9.59 Å². The van der Waals surface area contributed by atoms with Crippen molar-refractivity contribution in [1.82, 2.24) is 0 Å². The Kier molecular flexibility index (Phi) is 3.43. The van der Waals surface area contributed by atoms with E-state index in [1.54, 1.807) is 6.92 Å². The van der Waals surface area contributed by atoms with Crippen LogP contribution in [0.4, 0.5) is 0 Å². The molecule has 0 saturated heterocycles. The van der Waals surface area contributed by atoms with Crippen molar-refractivity contribution in [3.05, 3.63) is 0 Å². The summed E-state index contributed by atoms with van der Waals surface area (Å²) in [6, 6.07) is 0. The molecule has 11 heavy (non-hydrogen) atoms. The molecule has 64 valence electrons. The SMILES string of the molecule is CC(=O)C(C)CC(C)(C)C=O. The average molecular weight is 156 g/mol. The van der Waals surface area contributed by atoms with Gasteiger partial charge in [-0.15, -0.1) is 0 Å². The minimum atomic E-state index is -0.356. The van der Waals surface area contributed by atoms with Gasteiger partial charge in [-0.2, -0.15) is 0 Å². The molecule has 0 radical (unpaired) electrons. The lowest BCUT2D eigenvalue weighted by Gasteiger charge is -2.19. The quantitative estimate of drug-likeness (QED) is 0.582. The van der Waals surface area contributed by atoms with E-state index < -0.39 is 0 Å². The molecular weight excluding hydrogens is 140 g/mol. The summed E-state index contributed by atoms with van der Waals surface area (Å²) in [4.78, 5) is 21.3. The summed E-state index contributed by atoms with van der Waals surface area (Å²) in [5, 5.41) is 0. The van der Waals surface area contributed by atoms with E-state index in [1.807, 2.05) is 20.8 Å². The van der Waals surface area contributed by atoms with E-state index in [0.717, 1.165) is 6.29 Å². The minimum absolute atomic E-state index is 0.00444. The van der Waals surface area contributed by atoms with E-state index in [1.165, 1.54) is 0 Å². The first-order chi connectivity index (χ1) is 4.89. The van der Waals surface area contributed by atoms with Crippen LogP contribution in [0.3, 0.4) is 0 Å². The molecule has 0 aromatic carbocycles. The molecule has 0 aromatic heterocycles. The first-order valence-corrected chi connectivity index (χ1v) is 3.86. The van der Waals surface area contributed by atoms with E-state index in [9.17, 15) is 9.59 Å². The molecule has 1 atom stereocenters. The lowest BCUT2D eigenvalue weighted by Crippen LogP contribution is -2.20. The number of aldehydes is 1. The van der Waals surface area contributed by atoms with Gasteiger partial charge >= 0.3 is 0 Å². The molecule has 0 saturated carbocycles. The van der Waals surface area contributed by atoms with Crippen LogP contribution in [0.1, 0.15) is 34.1 Å². The fraction of sp³-hybridized carbons (Fsp3) is 0.778. The second-order valence-corrected chi connectivity index (χ2v) is 3.82. The summed E-state index contributed by atoms with van der Waals surface area (Å²) in [5.74, 6) is 0.148. The summed E-state index contributed by atoms with van der Waals surface area (Å²) in [6.45, 7) is 7.11. The van der Waals surface area contributed by atoms with Gasteiger partial charge in [0, 0.05) is 11.3 Å². The summed E-state index contributed by atoms with van der Waals surface area (Å²) in [5.41, 5.74) is -0.356. The van der Waals surface area contributed by atoms with Crippen molar-refractivity contribution in [2.75, 3.05) is 0 Å². The van der Waals surface area contributed by atoms with Gasteiger partial charge in [-0.05, 0) is 13.3 Å². The standard InChI is InChI=1S/C9H16O2/c1-7(8(2)11)5-9(3,4)6-10/h6-7H,5H2,1-4H3. The van der Waals surface area contributed by atoms with Crippen molar-refractivity contribution in [1.29, 1.82) is 0 Å². The van der Waals surface area contributed by atoms with Gasteiger partial charge in [0.1, 0.15) is 12.1 Å². The predicted octanol–water partition coefficient (Wildman–Crippen LogP) is 1.83. The van der Waals surface area contributed by atoms with E-state index in [0.29, 0.717) is 6.42 Å². The van der Waals surface area contributed by atoms with E-state index >= 15 is 0 Å². The average Bonchev–Trinajstić information content (AvgIpc) is 1.87. The highest BCUT2D eigenvalue weighted by atomic mass is 16.1. The highest BCUT2D eigenvalue weighted by Gasteiger charge is 2.22. The molecule has 0 aliphatic rings. The maximum atomic E-state index is 10.8. The van der Waals surface area contributed by atoms with Crippen molar-refractivity contribution >= 4 is 12.1 Å². The molecule has 0 heterocycles. The Morgan fingerprint density at radius 3 is 2.27 bits per heavy atom. The van der Waals surface area contributed by atoms with Gasteiger partial charge in [-0.1, -0.05) is 20.8 Å². The van der Waals surface area contributed by atoms with Gasteiger partial charge in [-0.3, -0.25) is 4.79 Å². The lowest BCUT2D eigenvalue weighted by atomic mass is 9.83. The van der Waals surface area contributed by atoms with Crippen LogP contribution < -0.4 is 0 Å². The Bertz CT molecular complexity index is 159. The molecule has 2 nitrogen and oxygen atoms in total. The number of Topliss-reactive ketones (excluding diaryl/α,β-unsaturated/α-hetero) is 1. The number of hydrogen-bond donors (Lipinski definition) is 0. The fourth-order valence-electron chi connectivity index (χ4n) is 0.981. The third-order valence-corrected chi connectivity index (χ3v) is 1.85. The summed E-state index contributed by atoms with van der Waals surface area (Å²) < 4.78 is 0. The molecule has 0 fully saturated rings. The third-order valence-electron chi connectivity index (χ3n) is 1.85. The highest BCUT2D eigenvalue weighted by molar-refractivity contribution is 5.78. The van der Waals surface area contributed by atoms with Gasteiger partial charge in [-0.25, -0.2) is 0 Å². The van der Waals surface area contributed by atoms with Gasteiger partial charge in [0.25, 0.3) is 0 Å². The molecule has 0 amide bonds. The van der Waals surface area contributed by atoms with Crippen LogP contribution in [0.15, 0.2) is 0 Å². The monoisotopic (exact) mass is 156 g/mol. The van der Waals surface area contributed by atoms with E-state index in [-0.39, 0.29) is 17.1 Å². The fourth-order valence-corrected chi connectivity index (χ4v) is 0.981. The molecule has 0 aromatic rings. The highest BCUT2D eigenvalue weighted by Crippen LogP contribution is 2.22. The molecule has 0 aliphatic carbocycles. The molecular formula is C9H16O2. The molecule has 0 N–H and O–H groups in total. The smallest absolute Gasteiger partial charge is 0.132 e. The van der Waals surface area contributed by atoms with Crippen LogP contribution in [0.25, 0.3) is 0 Å². The summed E-state index contributed by atoms with van der Waals surface area (Å²) in [7, 11) is 0. The van der Waals surface area contributed by atoms with Crippen LogP contribution in [0.2, 0.25) is 0 Å². The van der Waals surface area contributed by atoms with Gasteiger partial charge in [0.2, 0.25) is 0 Å². The summed E-state index contributed by atoms with van der Waals surface area (Å²) >= 11 is 0. The second kappa shape index (κ2) is 3.65. The summed E-state index contributed by atoms with van der Waals surface area (Å²) in [6.07, 6.45) is 1.55. The number of carbonyl (C=O) groups is 2. The maximum Gasteiger partial charge on any atom is 0.132 e. The number of carbonyl (C=O) groups excluding carboxylic acids is 2. The molecule has 1 unspecified atom stereocenters. The number of rotatable bonds is 4. The molecule has 0 aliphatic heterocycles. The van der Waals surface area contributed by atoms with Gasteiger partial charge < -0.3 is 4.79 Å². The Morgan fingerprint density at radius 2 is 2.00 bits per heavy atom. The maximum absolute atomic E-state index is 10.8. The predicted molar refractivity (Wildman–Crippen MR) is 44.3 cm³/mol. The van der Waals surface area contributed by atoms with Crippen molar-refractivity contribution in [2.24, 2.45) is 11.3 Å². The Morgan fingerprint density at radius 1 is 1.55 bits per heavy atom. The van der Waals surface area contributed by atoms with Gasteiger partial charge in [0.15, 0.2) is 0 Å². The topological polar surface area (TPSA) is 34.1 Å². The molecule has 0 spiro atoms. The third kappa shape index (κ3) is 3.91. The molecule has 0 rings (SSSR count). The Balaban J connectivity index is 4.03.